The van der Waals surface area contributed by atoms with Crippen LogP contribution in [0.5, 0.6) is 0 Å². The van der Waals surface area contributed by atoms with Crippen molar-refractivity contribution in [1.29, 1.82) is 0 Å². The fraction of sp³-hybridized carbons (Fsp3) is 0.231. The number of nitro benzene ring substituents is 1. The van der Waals surface area contributed by atoms with E-state index in [1.54, 1.807) is 17.4 Å². The minimum absolute atomic E-state index is 0.0519. The summed E-state index contributed by atoms with van der Waals surface area (Å²) in [4.78, 5) is 10.7. The summed E-state index contributed by atoms with van der Waals surface area (Å²) in [5.74, 6) is 0. The molecule has 0 bridgehead atoms. The van der Waals surface area contributed by atoms with Crippen LogP contribution >= 0.6 is 11.3 Å². The molecule has 1 unspecified atom stereocenters. The Labute approximate surface area is 109 Å². The number of nitrogens with zero attached hydrogens (tertiary/aromatic N) is 1. The number of anilines is 1. The maximum absolute atomic E-state index is 11.0. The second-order valence-corrected chi connectivity index (χ2v) is 4.93. The zero-order valence-corrected chi connectivity index (χ0v) is 11.0. The Bertz CT molecular complexity index is 552. The van der Waals surface area contributed by atoms with Gasteiger partial charge in [-0.1, -0.05) is 12.1 Å². The summed E-state index contributed by atoms with van der Waals surface area (Å²) in [5, 5.41) is 18.3. The molecule has 1 N–H and O–H groups in total. The molecule has 2 aromatic rings. The Morgan fingerprint density at radius 1 is 1.39 bits per heavy atom. The standard InChI is InChI=1S/C13H14N2O2S/c1-9-4-3-5-12(15(16)17)13(9)14-10(2)11-6-7-18-8-11/h3-8,10,14H,1-2H3. The number of hydrogen-bond acceptors (Lipinski definition) is 4. The monoisotopic (exact) mass is 262 g/mol. The lowest BCUT2D eigenvalue weighted by atomic mass is 10.1. The molecular weight excluding hydrogens is 248 g/mol. The van der Waals surface area contributed by atoms with Gasteiger partial charge >= 0.3 is 0 Å². The van der Waals surface area contributed by atoms with Gasteiger partial charge < -0.3 is 5.32 Å². The molecule has 0 fully saturated rings. The SMILES string of the molecule is Cc1cccc([N+](=O)[O-])c1NC(C)c1ccsc1. The molecule has 1 aromatic carbocycles. The van der Waals surface area contributed by atoms with Gasteiger partial charge in [0.2, 0.25) is 0 Å². The van der Waals surface area contributed by atoms with Crippen LogP contribution in [0.3, 0.4) is 0 Å². The van der Waals surface area contributed by atoms with Crippen molar-refractivity contribution in [1.82, 2.24) is 0 Å². The first-order chi connectivity index (χ1) is 8.59. The third-order valence-electron chi connectivity index (χ3n) is 2.85. The molecule has 1 atom stereocenters. The van der Waals surface area contributed by atoms with Crippen molar-refractivity contribution < 1.29 is 4.92 Å². The first kappa shape index (κ1) is 12.6. The Balaban J connectivity index is 2.31. The molecule has 0 amide bonds. The second kappa shape index (κ2) is 5.18. The number of nitro groups is 1. The molecule has 18 heavy (non-hydrogen) atoms. The molecule has 0 saturated carbocycles. The molecule has 5 heteroatoms. The number of benzene rings is 1. The van der Waals surface area contributed by atoms with E-state index in [2.05, 4.69) is 5.32 Å². The molecule has 0 radical (unpaired) electrons. The second-order valence-electron chi connectivity index (χ2n) is 4.15. The molecule has 0 aliphatic carbocycles. The van der Waals surface area contributed by atoms with Crippen molar-refractivity contribution in [2.45, 2.75) is 19.9 Å². The van der Waals surface area contributed by atoms with Crippen LogP contribution in [-0.2, 0) is 0 Å². The van der Waals surface area contributed by atoms with Gasteiger partial charge in [0.15, 0.2) is 0 Å². The highest BCUT2D eigenvalue weighted by Crippen LogP contribution is 2.31. The van der Waals surface area contributed by atoms with Crippen LogP contribution in [0.25, 0.3) is 0 Å². The van der Waals surface area contributed by atoms with Gasteiger partial charge in [-0.05, 0) is 41.8 Å². The minimum atomic E-state index is -0.352. The smallest absolute Gasteiger partial charge is 0.292 e. The van der Waals surface area contributed by atoms with Crippen molar-refractivity contribution in [2.24, 2.45) is 0 Å². The third-order valence-corrected chi connectivity index (χ3v) is 3.55. The minimum Gasteiger partial charge on any atom is -0.373 e. The number of para-hydroxylation sites is 1. The lowest BCUT2D eigenvalue weighted by Gasteiger charge is -2.16. The van der Waals surface area contributed by atoms with Crippen LogP contribution in [0.2, 0.25) is 0 Å². The van der Waals surface area contributed by atoms with Gasteiger partial charge in [0, 0.05) is 12.1 Å². The lowest BCUT2D eigenvalue weighted by molar-refractivity contribution is -0.384. The van der Waals surface area contributed by atoms with Gasteiger partial charge in [0.05, 0.1) is 4.92 Å². The maximum atomic E-state index is 11.0. The topological polar surface area (TPSA) is 55.2 Å². The summed E-state index contributed by atoms with van der Waals surface area (Å²) >= 11 is 1.62. The number of nitrogens with one attached hydrogen (secondary N) is 1. The van der Waals surface area contributed by atoms with E-state index in [0.717, 1.165) is 11.1 Å². The number of aryl methyl sites for hydroxylation is 1. The predicted molar refractivity (Wildman–Crippen MR) is 74.2 cm³/mol. The van der Waals surface area contributed by atoms with E-state index in [1.807, 2.05) is 36.7 Å². The van der Waals surface area contributed by atoms with Crippen LogP contribution in [-0.4, -0.2) is 4.92 Å². The van der Waals surface area contributed by atoms with E-state index in [1.165, 1.54) is 6.07 Å². The van der Waals surface area contributed by atoms with Crippen LogP contribution in [0.15, 0.2) is 35.0 Å². The quantitative estimate of drug-likeness (QED) is 0.665. The first-order valence-corrected chi connectivity index (χ1v) is 6.56. The molecule has 0 saturated heterocycles. The van der Waals surface area contributed by atoms with E-state index in [9.17, 15) is 10.1 Å². The molecule has 0 spiro atoms. The Kier molecular flexibility index (Phi) is 3.62. The van der Waals surface area contributed by atoms with Gasteiger partial charge in [0.25, 0.3) is 5.69 Å². The van der Waals surface area contributed by atoms with E-state index < -0.39 is 0 Å². The van der Waals surface area contributed by atoms with E-state index in [0.29, 0.717) is 5.69 Å². The van der Waals surface area contributed by atoms with Crippen LogP contribution in [0.1, 0.15) is 24.1 Å². The summed E-state index contributed by atoms with van der Waals surface area (Å²) in [6, 6.07) is 7.17. The van der Waals surface area contributed by atoms with Crippen molar-refractivity contribution in [3.8, 4) is 0 Å². The normalized spacial score (nSPS) is 12.1. The number of thiophene rings is 1. The van der Waals surface area contributed by atoms with Gasteiger partial charge in [-0.3, -0.25) is 10.1 Å². The molecule has 1 heterocycles. The van der Waals surface area contributed by atoms with E-state index in [-0.39, 0.29) is 16.7 Å². The average molecular weight is 262 g/mol. The Morgan fingerprint density at radius 3 is 2.78 bits per heavy atom. The fourth-order valence-electron chi connectivity index (χ4n) is 1.81. The van der Waals surface area contributed by atoms with Crippen molar-refractivity contribution >= 4 is 22.7 Å². The molecule has 2 rings (SSSR count). The Hall–Kier alpha value is -1.88. The van der Waals surface area contributed by atoms with Crippen molar-refractivity contribution in [2.75, 3.05) is 5.32 Å². The molecule has 1 aromatic heterocycles. The third kappa shape index (κ3) is 2.51. The molecule has 94 valence electrons. The van der Waals surface area contributed by atoms with Crippen LogP contribution < -0.4 is 5.32 Å². The zero-order valence-electron chi connectivity index (χ0n) is 10.2. The summed E-state index contributed by atoms with van der Waals surface area (Å²) in [7, 11) is 0. The molecule has 4 nitrogen and oxygen atoms in total. The van der Waals surface area contributed by atoms with Crippen molar-refractivity contribution in [3.63, 3.8) is 0 Å². The van der Waals surface area contributed by atoms with Gasteiger partial charge in [-0.15, -0.1) is 0 Å². The summed E-state index contributed by atoms with van der Waals surface area (Å²) < 4.78 is 0. The Morgan fingerprint density at radius 2 is 2.17 bits per heavy atom. The maximum Gasteiger partial charge on any atom is 0.292 e. The highest BCUT2D eigenvalue weighted by atomic mass is 32.1. The fourth-order valence-corrected chi connectivity index (χ4v) is 2.57. The van der Waals surface area contributed by atoms with E-state index in [4.69, 9.17) is 0 Å². The zero-order chi connectivity index (χ0) is 13.1. The summed E-state index contributed by atoms with van der Waals surface area (Å²) in [6.07, 6.45) is 0. The highest BCUT2D eigenvalue weighted by molar-refractivity contribution is 7.07. The molecule has 0 aliphatic rings. The molecule has 0 aliphatic heterocycles. The first-order valence-electron chi connectivity index (χ1n) is 5.62. The summed E-state index contributed by atoms with van der Waals surface area (Å²) in [5.41, 5.74) is 2.74. The van der Waals surface area contributed by atoms with Crippen LogP contribution in [0.4, 0.5) is 11.4 Å². The number of hydrogen-bond donors (Lipinski definition) is 1. The van der Waals surface area contributed by atoms with Gasteiger partial charge in [-0.25, -0.2) is 0 Å². The van der Waals surface area contributed by atoms with E-state index >= 15 is 0 Å². The lowest BCUT2D eigenvalue weighted by Crippen LogP contribution is -2.08. The predicted octanol–water partition coefficient (Wildman–Crippen LogP) is 4.14. The van der Waals surface area contributed by atoms with Crippen LogP contribution in [0, 0.1) is 17.0 Å². The molecular formula is C13H14N2O2S. The van der Waals surface area contributed by atoms with Gasteiger partial charge in [0.1, 0.15) is 5.69 Å². The van der Waals surface area contributed by atoms with Gasteiger partial charge in [-0.2, -0.15) is 11.3 Å². The average Bonchev–Trinajstić information content (AvgIpc) is 2.85. The van der Waals surface area contributed by atoms with Crippen molar-refractivity contribution in [3.05, 3.63) is 56.3 Å². The number of rotatable bonds is 4. The highest BCUT2D eigenvalue weighted by Gasteiger charge is 2.17. The largest absolute Gasteiger partial charge is 0.373 e. The summed E-state index contributed by atoms with van der Waals surface area (Å²) in [6.45, 7) is 3.87.